The number of hydrogen-bond acceptors (Lipinski definition) is 2. The van der Waals surface area contributed by atoms with Crippen molar-refractivity contribution in [3.63, 3.8) is 0 Å². The van der Waals surface area contributed by atoms with Gasteiger partial charge in [0.2, 0.25) is 0 Å². The molecule has 5 nitrogen and oxygen atoms in total. The minimum absolute atomic E-state index is 0.0228. The number of rotatable bonds is 4. The number of carboxylic acid groups (broad SMARTS) is 1. The van der Waals surface area contributed by atoms with Crippen LogP contribution < -0.4 is 0 Å². The van der Waals surface area contributed by atoms with Crippen molar-refractivity contribution in [3.8, 4) is 0 Å². The molecular formula is C13H17F3N2O3. The monoisotopic (exact) mass is 306 g/mol. The van der Waals surface area contributed by atoms with Crippen molar-refractivity contribution in [2.24, 2.45) is 0 Å². The molecule has 0 aliphatic rings. The Balaban J connectivity index is 3.25. The smallest absolute Gasteiger partial charge is 0.406 e. The van der Waals surface area contributed by atoms with E-state index in [9.17, 15) is 22.8 Å². The SMILES string of the molecule is Cc1[nH]c(C(=O)O)c(C)c1C(=O)N(CC(F)(F)F)C(C)C. The number of nitrogens with one attached hydrogen (secondary N) is 1. The van der Waals surface area contributed by atoms with E-state index in [1.54, 1.807) is 0 Å². The van der Waals surface area contributed by atoms with Gasteiger partial charge >= 0.3 is 12.1 Å². The maximum absolute atomic E-state index is 12.6. The van der Waals surface area contributed by atoms with Crippen LogP contribution in [0.25, 0.3) is 0 Å². The Morgan fingerprint density at radius 3 is 2.14 bits per heavy atom. The molecule has 0 saturated heterocycles. The lowest BCUT2D eigenvalue weighted by Gasteiger charge is -2.28. The third-order valence-electron chi connectivity index (χ3n) is 3.10. The topological polar surface area (TPSA) is 73.4 Å². The molecule has 8 heteroatoms. The van der Waals surface area contributed by atoms with Crippen LogP contribution in [0.2, 0.25) is 0 Å². The summed E-state index contributed by atoms with van der Waals surface area (Å²) in [4.78, 5) is 26.6. The second-order valence-electron chi connectivity index (χ2n) is 5.07. The first-order valence-corrected chi connectivity index (χ1v) is 6.26. The molecule has 0 aliphatic carbocycles. The molecular weight excluding hydrogens is 289 g/mol. The van der Waals surface area contributed by atoms with Gasteiger partial charge in [-0.2, -0.15) is 13.2 Å². The van der Waals surface area contributed by atoms with E-state index in [2.05, 4.69) is 4.98 Å². The fraction of sp³-hybridized carbons (Fsp3) is 0.538. The van der Waals surface area contributed by atoms with Crippen LogP contribution in [0, 0.1) is 13.8 Å². The molecule has 1 heterocycles. The molecule has 0 radical (unpaired) electrons. The van der Waals surface area contributed by atoms with Crippen molar-refractivity contribution < 1.29 is 27.9 Å². The van der Waals surface area contributed by atoms with Gasteiger partial charge in [-0.15, -0.1) is 0 Å². The lowest BCUT2D eigenvalue weighted by molar-refractivity contribution is -0.143. The van der Waals surface area contributed by atoms with Gasteiger partial charge in [0.25, 0.3) is 5.91 Å². The maximum Gasteiger partial charge on any atom is 0.406 e. The first-order valence-electron chi connectivity index (χ1n) is 6.26. The van der Waals surface area contributed by atoms with Crippen LogP contribution in [0.1, 0.15) is 46.0 Å². The van der Waals surface area contributed by atoms with Gasteiger partial charge in [0.1, 0.15) is 12.2 Å². The van der Waals surface area contributed by atoms with E-state index in [1.807, 2.05) is 0 Å². The van der Waals surface area contributed by atoms with Crippen molar-refractivity contribution in [2.45, 2.75) is 39.9 Å². The minimum atomic E-state index is -4.52. The van der Waals surface area contributed by atoms with E-state index in [-0.39, 0.29) is 22.5 Å². The van der Waals surface area contributed by atoms with Crippen LogP contribution in [-0.2, 0) is 0 Å². The minimum Gasteiger partial charge on any atom is -0.477 e. The predicted molar refractivity (Wildman–Crippen MR) is 69.5 cm³/mol. The Morgan fingerprint density at radius 2 is 1.81 bits per heavy atom. The van der Waals surface area contributed by atoms with Gasteiger partial charge in [-0.05, 0) is 33.3 Å². The third-order valence-corrected chi connectivity index (χ3v) is 3.10. The Bertz CT molecular complexity index is 562. The van der Waals surface area contributed by atoms with E-state index in [1.165, 1.54) is 27.7 Å². The number of nitrogens with zero attached hydrogens (tertiary/aromatic N) is 1. The molecule has 0 atom stereocenters. The molecule has 118 valence electrons. The number of H-pyrrole nitrogens is 1. The Hall–Kier alpha value is -1.99. The first-order chi connectivity index (χ1) is 9.45. The number of aryl methyl sites for hydroxylation is 1. The highest BCUT2D eigenvalue weighted by atomic mass is 19.4. The van der Waals surface area contributed by atoms with Crippen molar-refractivity contribution in [2.75, 3.05) is 6.54 Å². The zero-order valence-electron chi connectivity index (χ0n) is 12.1. The average Bonchev–Trinajstić information content (AvgIpc) is 2.60. The van der Waals surface area contributed by atoms with Gasteiger partial charge in [-0.3, -0.25) is 4.79 Å². The summed E-state index contributed by atoms with van der Waals surface area (Å²) in [6, 6.07) is -0.666. The van der Waals surface area contributed by atoms with Crippen molar-refractivity contribution in [3.05, 3.63) is 22.5 Å². The van der Waals surface area contributed by atoms with Crippen molar-refractivity contribution >= 4 is 11.9 Å². The van der Waals surface area contributed by atoms with Gasteiger partial charge in [0.05, 0.1) is 5.56 Å². The van der Waals surface area contributed by atoms with Gasteiger partial charge < -0.3 is 15.0 Å². The third kappa shape index (κ3) is 3.77. The number of halogens is 3. The predicted octanol–water partition coefficient (Wildman–Crippen LogP) is 2.74. The Morgan fingerprint density at radius 1 is 1.29 bits per heavy atom. The second-order valence-corrected chi connectivity index (χ2v) is 5.07. The number of amides is 1. The molecule has 0 bridgehead atoms. The van der Waals surface area contributed by atoms with E-state index in [0.717, 1.165) is 0 Å². The molecule has 1 aromatic heterocycles. The lowest BCUT2D eigenvalue weighted by Crippen LogP contribution is -2.43. The van der Waals surface area contributed by atoms with Gasteiger partial charge in [0.15, 0.2) is 0 Å². The second kappa shape index (κ2) is 5.79. The number of aromatic amines is 1. The van der Waals surface area contributed by atoms with Crippen molar-refractivity contribution in [1.29, 1.82) is 0 Å². The average molecular weight is 306 g/mol. The number of carbonyl (C=O) groups is 2. The number of aromatic carboxylic acids is 1. The molecule has 21 heavy (non-hydrogen) atoms. The summed E-state index contributed by atoms with van der Waals surface area (Å²) >= 11 is 0. The van der Waals surface area contributed by atoms with Crippen LogP contribution in [0.15, 0.2) is 0 Å². The molecule has 0 aromatic carbocycles. The first kappa shape index (κ1) is 17.1. The molecule has 0 fully saturated rings. The Kier molecular flexibility index (Phi) is 4.70. The highest BCUT2D eigenvalue weighted by Crippen LogP contribution is 2.24. The molecule has 0 aliphatic heterocycles. The van der Waals surface area contributed by atoms with Gasteiger partial charge in [-0.1, -0.05) is 0 Å². The quantitative estimate of drug-likeness (QED) is 0.898. The largest absolute Gasteiger partial charge is 0.477 e. The molecule has 1 aromatic rings. The highest BCUT2D eigenvalue weighted by molar-refractivity contribution is 6.01. The zero-order valence-corrected chi connectivity index (χ0v) is 12.1. The molecule has 2 N–H and O–H groups in total. The van der Waals surface area contributed by atoms with Crippen LogP contribution >= 0.6 is 0 Å². The fourth-order valence-corrected chi connectivity index (χ4v) is 2.11. The number of hydrogen-bond donors (Lipinski definition) is 2. The maximum atomic E-state index is 12.6. The summed E-state index contributed by atoms with van der Waals surface area (Å²) in [5, 5.41) is 8.98. The summed E-state index contributed by atoms with van der Waals surface area (Å²) < 4.78 is 37.7. The van der Waals surface area contributed by atoms with Crippen LogP contribution in [0.4, 0.5) is 13.2 Å². The molecule has 1 rings (SSSR count). The molecule has 0 spiro atoms. The fourth-order valence-electron chi connectivity index (χ4n) is 2.11. The van der Waals surface area contributed by atoms with Crippen LogP contribution in [0.3, 0.4) is 0 Å². The number of alkyl halides is 3. The number of carboxylic acids is 1. The summed E-state index contributed by atoms with van der Waals surface area (Å²) in [5.74, 6) is -2.09. The van der Waals surface area contributed by atoms with E-state index >= 15 is 0 Å². The van der Waals surface area contributed by atoms with Crippen molar-refractivity contribution in [1.82, 2.24) is 9.88 Å². The zero-order chi connectivity index (χ0) is 16.5. The summed E-state index contributed by atoms with van der Waals surface area (Å²) in [6.45, 7) is 4.42. The lowest BCUT2D eigenvalue weighted by atomic mass is 10.1. The number of carbonyl (C=O) groups excluding carboxylic acids is 1. The van der Waals surface area contributed by atoms with Gasteiger partial charge in [0, 0.05) is 11.7 Å². The Labute approximate surface area is 119 Å². The molecule has 0 saturated carbocycles. The summed E-state index contributed by atoms with van der Waals surface area (Å²) in [7, 11) is 0. The highest BCUT2D eigenvalue weighted by Gasteiger charge is 2.36. The number of aromatic nitrogens is 1. The molecule has 1 amide bonds. The van der Waals surface area contributed by atoms with E-state index in [0.29, 0.717) is 4.90 Å². The summed E-state index contributed by atoms with van der Waals surface area (Å²) in [6.07, 6.45) is -4.52. The molecule has 0 unspecified atom stereocenters. The normalized spacial score (nSPS) is 11.8. The van der Waals surface area contributed by atoms with Crippen LogP contribution in [-0.4, -0.2) is 45.6 Å². The summed E-state index contributed by atoms with van der Waals surface area (Å²) in [5.41, 5.74) is 0.164. The van der Waals surface area contributed by atoms with E-state index in [4.69, 9.17) is 5.11 Å². The van der Waals surface area contributed by atoms with Gasteiger partial charge in [-0.25, -0.2) is 4.79 Å². The van der Waals surface area contributed by atoms with E-state index < -0.39 is 30.6 Å². The van der Waals surface area contributed by atoms with Crippen LogP contribution in [0.5, 0.6) is 0 Å². The standard InChI is InChI=1S/C13H17F3N2O3/c1-6(2)18(5-13(14,15)16)11(19)9-7(3)10(12(20)21)17-8(9)4/h6,17H,5H2,1-4H3,(H,20,21).